The van der Waals surface area contributed by atoms with Gasteiger partial charge in [0.15, 0.2) is 5.82 Å². The van der Waals surface area contributed by atoms with Crippen molar-refractivity contribution < 1.29 is 4.48 Å². The van der Waals surface area contributed by atoms with E-state index in [2.05, 4.69) is 62.1 Å². The van der Waals surface area contributed by atoms with Crippen molar-refractivity contribution in [3.8, 4) is 0 Å². The number of allylic oxidation sites excluding steroid dienone is 2. The van der Waals surface area contributed by atoms with E-state index in [1.165, 1.54) is 5.69 Å². The average Bonchev–Trinajstić information content (AvgIpc) is 3.26. The summed E-state index contributed by atoms with van der Waals surface area (Å²) in [6, 6.07) is 14.8. The van der Waals surface area contributed by atoms with E-state index in [1.807, 2.05) is 47.1 Å². The van der Waals surface area contributed by atoms with E-state index in [0.717, 1.165) is 59.9 Å². The Morgan fingerprint density at radius 3 is 2.49 bits per heavy atom. The van der Waals surface area contributed by atoms with Crippen LogP contribution in [0.1, 0.15) is 20.8 Å². The van der Waals surface area contributed by atoms with Gasteiger partial charge in [0.2, 0.25) is 0 Å². The highest BCUT2D eigenvalue weighted by atomic mass is 15.4. The third-order valence-corrected chi connectivity index (χ3v) is 7.59. The summed E-state index contributed by atoms with van der Waals surface area (Å²) in [4.78, 5) is 9.73. The van der Waals surface area contributed by atoms with Gasteiger partial charge in [0.05, 0.1) is 68.6 Å². The van der Waals surface area contributed by atoms with Crippen LogP contribution in [-0.2, 0) is 0 Å². The second-order valence-corrected chi connectivity index (χ2v) is 11.2. The Bertz CT molecular complexity index is 1450. The molecule has 0 saturated carbocycles. The van der Waals surface area contributed by atoms with Crippen molar-refractivity contribution in [1.82, 2.24) is 9.61 Å². The Balaban J connectivity index is 1.47. The van der Waals surface area contributed by atoms with Gasteiger partial charge in [-0.15, -0.1) is 5.10 Å². The Morgan fingerprint density at radius 1 is 1.10 bits per heavy atom. The maximum Gasteiger partial charge on any atom is 0.178 e. The molecule has 2 aromatic heterocycles. The van der Waals surface area contributed by atoms with E-state index in [0.29, 0.717) is 28.9 Å². The highest BCUT2D eigenvalue weighted by molar-refractivity contribution is 6.24. The number of aliphatic imine (C=N–C) groups is 1. The minimum absolute atomic E-state index is 0.323. The summed E-state index contributed by atoms with van der Waals surface area (Å²) >= 11 is 0. The Hall–Kier alpha value is -4.11. The molecule has 2 aliphatic rings. The van der Waals surface area contributed by atoms with Crippen LogP contribution in [0.5, 0.6) is 0 Å². The van der Waals surface area contributed by atoms with Crippen molar-refractivity contribution in [2.75, 3.05) is 61.9 Å². The third-order valence-electron chi connectivity index (χ3n) is 7.59. The van der Waals surface area contributed by atoms with E-state index in [9.17, 15) is 0 Å². The molecule has 5 rings (SSSR count). The predicted octanol–water partition coefficient (Wildman–Crippen LogP) is 4.41. The molecule has 0 bridgehead atoms. The largest absolute Gasteiger partial charge is 0.397 e. The zero-order valence-corrected chi connectivity index (χ0v) is 23.6. The number of aromatic nitrogens is 2. The normalized spacial score (nSPS) is 18.5. The lowest BCUT2D eigenvalue weighted by molar-refractivity contribution is -0.890. The molecular weight excluding hydrogens is 486 g/mol. The highest BCUT2D eigenvalue weighted by Crippen LogP contribution is 2.34. The summed E-state index contributed by atoms with van der Waals surface area (Å²) in [5, 5.41) is 16.9. The summed E-state index contributed by atoms with van der Waals surface area (Å²) < 4.78 is 2.88. The number of anilines is 3. The number of hydrogen-bond donors (Lipinski definition) is 3. The molecule has 0 amide bonds. The first-order valence-electron chi connectivity index (χ1n) is 13.7. The number of likely N-dealkylation sites (N-methyl/N-ethyl adjacent to an activating group) is 1. The van der Waals surface area contributed by atoms with E-state index < -0.39 is 0 Å². The number of fused-ring (bicyclic) bond motifs is 1. The van der Waals surface area contributed by atoms with E-state index >= 15 is 0 Å². The molecule has 1 aliphatic carbocycles. The molecule has 39 heavy (non-hydrogen) atoms. The number of hydrogen-bond acceptors (Lipinski definition) is 7. The second-order valence-electron chi connectivity index (χ2n) is 11.2. The Kier molecular flexibility index (Phi) is 7.18. The van der Waals surface area contributed by atoms with Crippen molar-refractivity contribution in [1.29, 1.82) is 5.41 Å². The molecule has 9 heteroatoms. The first-order valence-corrected chi connectivity index (χ1v) is 13.7. The van der Waals surface area contributed by atoms with E-state index in [-0.39, 0.29) is 0 Å². The molecule has 4 N–H and O–H groups in total. The number of nitrogens with two attached hydrogens (primary N) is 1. The van der Waals surface area contributed by atoms with Crippen LogP contribution in [0.4, 0.5) is 22.9 Å². The number of benzene rings is 1. The molecule has 1 fully saturated rings. The standard InChI is InChI=1S/C30H40N9/c1-6-37(21(2)3)23-12-10-22(11-13-23)33-26-20-27(25(32)19-24(26)31)34-29-28-9-7-8-14-38(28)35-30(29)36-15-17-39(4,5)18-16-36/h7-14,19-21,31,33H,6,15-18,32H2,1-5H3/q+1. The van der Waals surface area contributed by atoms with Gasteiger partial charge in [-0.05, 0) is 69.3 Å². The summed E-state index contributed by atoms with van der Waals surface area (Å²) in [5.41, 5.74) is 12.3. The lowest BCUT2D eigenvalue weighted by atomic mass is 10.0. The highest BCUT2D eigenvalue weighted by Gasteiger charge is 2.28. The first kappa shape index (κ1) is 26.5. The molecule has 0 spiro atoms. The number of piperazine rings is 1. The smallest absolute Gasteiger partial charge is 0.178 e. The predicted molar refractivity (Wildman–Crippen MR) is 163 cm³/mol. The fourth-order valence-corrected chi connectivity index (χ4v) is 5.18. The molecule has 3 heterocycles. The molecule has 3 aromatic rings. The SMILES string of the molecule is CCN(c1ccc(NC2=CC(=Nc3c(N4CC[N+](C)(C)CC4)nn4ccccc34)C(N)=CC2=N)cc1)C(C)C. The number of rotatable bonds is 7. The molecule has 1 saturated heterocycles. The van der Waals surface area contributed by atoms with Crippen molar-refractivity contribution in [2.45, 2.75) is 26.8 Å². The topological polar surface area (TPSA) is 98.0 Å². The summed E-state index contributed by atoms with van der Waals surface area (Å²) in [6.07, 6.45) is 5.48. The molecule has 0 radical (unpaired) electrons. The van der Waals surface area contributed by atoms with Gasteiger partial charge in [0, 0.05) is 30.2 Å². The second kappa shape index (κ2) is 10.6. The van der Waals surface area contributed by atoms with Crippen molar-refractivity contribution in [2.24, 2.45) is 10.7 Å². The van der Waals surface area contributed by atoms with Gasteiger partial charge in [-0.3, -0.25) is 5.41 Å². The van der Waals surface area contributed by atoms with Crippen LogP contribution in [0.3, 0.4) is 0 Å². The van der Waals surface area contributed by atoms with Gasteiger partial charge in [0.25, 0.3) is 0 Å². The third kappa shape index (κ3) is 5.54. The monoisotopic (exact) mass is 526 g/mol. The molecule has 9 nitrogen and oxygen atoms in total. The lowest BCUT2D eigenvalue weighted by Gasteiger charge is -2.39. The van der Waals surface area contributed by atoms with Crippen molar-refractivity contribution >= 4 is 39.8 Å². The van der Waals surface area contributed by atoms with Crippen LogP contribution in [0.2, 0.25) is 0 Å². The van der Waals surface area contributed by atoms with Gasteiger partial charge >= 0.3 is 0 Å². The summed E-state index contributed by atoms with van der Waals surface area (Å²) in [5.74, 6) is 0.867. The summed E-state index contributed by atoms with van der Waals surface area (Å²) in [7, 11) is 4.53. The van der Waals surface area contributed by atoms with Gasteiger partial charge < -0.3 is 25.3 Å². The van der Waals surface area contributed by atoms with Gasteiger partial charge in [-0.2, -0.15) is 0 Å². The van der Waals surface area contributed by atoms with Gasteiger partial charge in [-0.25, -0.2) is 9.51 Å². The van der Waals surface area contributed by atoms with Gasteiger partial charge in [0.1, 0.15) is 5.69 Å². The Morgan fingerprint density at radius 2 is 1.82 bits per heavy atom. The molecular formula is C30H40N9+. The molecule has 0 unspecified atom stereocenters. The Labute approximate surface area is 231 Å². The zero-order chi connectivity index (χ0) is 27.7. The van der Waals surface area contributed by atoms with Gasteiger partial charge in [-0.1, -0.05) is 6.07 Å². The minimum atomic E-state index is 0.323. The van der Waals surface area contributed by atoms with E-state index in [4.69, 9.17) is 21.2 Å². The van der Waals surface area contributed by atoms with Crippen molar-refractivity contribution in [3.63, 3.8) is 0 Å². The zero-order valence-electron chi connectivity index (χ0n) is 23.6. The average molecular weight is 527 g/mol. The minimum Gasteiger partial charge on any atom is -0.397 e. The lowest BCUT2D eigenvalue weighted by Crippen LogP contribution is -2.55. The van der Waals surface area contributed by atoms with E-state index in [1.54, 1.807) is 6.08 Å². The van der Waals surface area contributed by atoms with Crippen molar-refractivity contribution in [3.05, 3.63) is 72.2 Å². The number of nitrogens with zero attached hydrogens (tertiary/aromatic N) is 6. The van der Waals surface area contributed by atoms with Crippen LogP contribution >= 0.6 is 0 Å². The van der Waals surface area contributed by atoms with Crippen LogP contribution < -0.4 is 20.9 Å². The molecule has 0 atom stereocenters. The van der Waals surface area contributed by atoms with Crippen LogP contribution in [-0.4, -0.2) is 78.4 Å². The fraction of sp³-hybridized carbons (Fsp3) is 0.367. The maximum absolute atomic E-state index is 8.56. The number of quaternary nitrogens is 1. The fourth-order valence-electron chi connectivity index (χ4n) is 5.18. The first-order chi connectivity index (χ1) is 18.6. The molecule has 1 aliphatic heterocycles. The number of nitrogens with one attached hydrogen (secondary N) is 2. The quantitative estimate of drug-likeness (QED) is 0.313. The van der Waals surface area contributed by atoms with Crippen LogP contribution in [0.25, 0.3) is 5.52 Å². The molecule has 204 valence electrons. The van der Waals surface area contributed by atoms with Crippen LogP contribution in [0.15, 0.2) is 77.2 Å². The maximum atomic E-state index is 8.56. The molecule has 1 aromatic carbocycles. The van der Waals surface area contributed by atoms with Crippen LogP contribution in [0, 0.1) is 5.41 Å². The number of pyridine rings is 1. The summed E-state index contributed by atoms with van der Waals surface area (Å²) in [6.45, 7) is 11.4.